The summed E-state index contributed by atoms with van der Waals surface area (Å²) in [5, 5.41) is 0. The molecule has 1 aromatic rings. The molecule has 1 aromatic carbocycles. The highest BCUT2D eigenvalue weighted by Gasteiger charge is 2.21. The summed E-state index contributed by atoms with van der Waals surface area (Å²) < 4.78 is 25.6. The Kier molecular flexibility index (Phi) is 4.46. The zero-order valence-electron chi connectivity index (χ0n) is 9.04. The molecule has 3 nitrogen and oxygen atoms in total. The Morgan fingerprint density at radius 3 is 2.00 bits per heavy atom. The van der Waals surface area contributed by atoms with Crippen LogP contribution in [0.15, 0.2) is 60.5 Å². The zero-order chi connectivity index (χ0) is 12.0. The third kappa shape index (κ3) is 2.81. The normalized spacial score (nSPS) is 11.3. The molecule has 86 valence electrons. The van der Waals surface area contributed by atoms with Crippen molar-refractivity contribution in [2.45, 2.75) is 4.90 Å². The predicted molar refractivity (Wildman–Crippen MR) is 65.6 cm³/mol. The summed E-state index contributed by atoms with van der Waals surface area (Å²) in [7, 11) is -3.43. The van der Waals surface area contributed by atoms with Gasteiger partial charge in [0.1, 0.15) is 0 Å². The van der Waals surface area contributed by atoms with Gasteiger partial charge in [-0.2, -0.15) is 4.31 Å². The second kappa shape index (κ2) is 5.63. The minimum absolute atomic E-state index is 0.281. The molecular weight excluding hydrogens is 222 g/mol. The van der Waals surface area contributed by atoms with Gasteiger partial charge in [-0.15, -0.1) is 13.2 Å². The van der Waals surface area contributed by atoms with E-state index in [0.29, 0.717) is 4.90 Å². The van der Waals surface area contributed by atoms with E-state index in [0.717, 1.165) is 0 Å². The average Bonchev–Trinajstić information content (AvgIpc) is 2.30. The highest BCUT2D eigenvalue weighted by molar-refractivity contribution is 7.89. The molecule has 0 aromatic heterocycles. The van der Waals surface area contributed by atoms with E-state index in [2.05, 4.69) is 13.2 Å². The van der Waals surface area contributed by atoms with Crippen LogP contribution in [0, 0.1) is 0 Å². The maximum atomic E-state index is 12.1. The van der Waals surface area contributed by atoms with Crippen LogP contribution in [0.4, 0.5) is 0 Å². The van der Waals surface area contributed by atoms with Crippen molar-refractivity contribution < 1.29 is 8.42 Å². The number of hydrogen-bond acceptors (Lipinski definition) is 2. The molecule has 0 radical (unpaired) electrons. The highest BCUT2D eigenvalue weighted by Crippen LogP contribution is 2.14. The SMILES string of the molecule is C=CCN(CC=C)S(=O)(=O)c1ccccc1. The van der Waals surface area contributed by atoms with Crippen LogP contribution in [0.3, 0.4) is 0 Å². The van der Waals surface area contributed by atoms with Crippen LogP contribution < -0.4 is 0 Å². The highest BCUT2D eigenvalue weighted by atomic mass is 32.2. The molecule has 0 unspecified atom stereocenters. The number of nitrogens with zero attached hydrogens (tertiary/aromatic N) is 1. The van der Waals surface area contributed by atoms with Crippen molar-refractivity contribution >= 4 is 10.0 Å². The first-order chi connectivity index (χ1) is 7.62. The Balaban J connectivity index is 3.07. The van der Waals surface area contributed by atoms with Crippen LogP contribution in [0.25, 0.3) is 0 Å². The topological polar surface area (TPSA) is 37.4 Å². The van der Waals surface area contributed by atoms with Crippen LogP contribution in [0.1, 0.15) is 0 Å². The van der Waals surface area contributed by atoms with Gasteiger partial charge in [-0.05, 0) is 12.1 Å². The average molecular weight is 237 g/mol. The molecule has 1 rings (SSSR count). The van der Waals surface area contributed by atoms with Crippen molar-refractivity contribution in [3.8, 4) is 0 Å². The molecule has 0 spiro atoms. The van der Waals surface area contributed by atoms with E-state index in [9.17, 15) is 8.42 Å². The van der Waals surface area contributed by atoms with E-state index in [-0.39, 0.29) is 13.1 Å². The molecule has 0 aliphatic rings. The summed E-state index contributed by atoms with van der Waals surface area (Å²) in [6.45, 7) is 7.66. The first-order valence-corrected chi connectivity index (χ1v) is 6.34. The quantitative estimate of drug-likeness (QED) is 0.710. The molecule has 0 saturated carbocycles. The maximum Gasteiger partial charge on any atom is 0.243 e. The van der Waals surface area contributed by atoms with Crippen molar-refractivity contribution in [1.82, 2.24) is 4.31 Å². The summed E-state index contributed by atoms with van der Waals surface area (Å²) in [5.74, 6) is 0. The molecule has 0 N–H and O–H groups in total. The van der Waals surface area contributed by atoms with Gasteiger partial charge in [0, 0.05) is 13.1 Å². The van der Waals surface area contributed by atoms with E-state index in [1.807, 2.05) is 0 Å². The molecule has 0 aliphatic heterocycles. The van der Waals surface area contributed by atoms with Crippen molar-refractivity contribution in [3.05, 3.63) is 55.6 Å². The fourth-order valence-corrected chi connectivity index (χ4v) is 2.70. The van der Waals surface area contributed by atoms with E-state index >= 15 is 0 Å². The number of rotatable bonds is 6. The number of benzene rings is 1. The van der Waals surface area contributed by atoms with Gasteiger partial charge in [0.2, 0.25) is 10.0 Å². The maximum absolute atomic E-state index is 12.1. The van der Waals surface area contributed by atoms with E-state index in [1.165, 1.54) is 4.31 Å². The van der Waals surface area contributed by atoms with Gasteiger partial charge < -0.3 is 0 Å². The molecule has 16 heavy (non-hydrogen) atoms. The van der Waals surface area contributed by atoms with Crippen molar-refractivity contribution in [1.29, 1.82) is 0 Å². The van der Waals surface area contributed by atoms with Crippen LogP contribution >= 0.6 is 0 Å². The van der Waals surface area contributed by atoms with Crippen LogP contribution in [0.2, 0.25) is 0 Å². The predicted octanol–water partition coefficient (Wildman–Crippen LogP) is 2.05. The third-order valence-electron chi connectivity index (χ3n) is 2.05. The number of hydrogen-bond donors (Lipinski definition) is 0. The van der Waals surface area contributed by atoms with Crippen molar-refractivity contribution in [2.24, 2.45) is 0 Å². The van der Waals surface area contributed by atoms with Gasteiger partial charge in [-0.1, -0.05) is 30.4 Å². The zero-order valence-corrected chi connectivity index (χ0v) is 9.86. The lowest BCUT2D eigenvalue weighted by Gasteiger charge is -2.18. The molecule has 0 saturated heterocycles. The summed E-state index contributed by atoms with van der Waals surface area (Å²) in [6, 6.07) is 8.34. The fourth-order valence-electron chi connectivity index (χ4n) is 1.30. The molecular formula is C12H15NO2S. The molecule has 0 amide bonds. The van der Waals surface area contributed by atoms with Gasteiger partial charge in [0.25, 0.3) is 0 Å². The van der Waals surface area contributed by atoms with Gasteiger partial charge >= 0.3 is 0 Å². The summed E-state index contributed by atoms with van der Waals surface area (Å²) >= 11 is 0. The summed E-state index contributed by atoms with van der Waals surface area (Å²) in [6.07, 6.45) is 3.12. The molecule has 0 bridgehead atoms. The van der Waals surface area contributed by atoms with Crippen molar-refractivity contribution in [3.63, 3.8) is 0 Å². The Hall–Kier alpha value is -1.39. The monoisotopic (exact) mass is 237 g/mol. The van der Waals surface area contributed by atoms with Crippen molar-refractivity contribution in [2.75, 3.05) is 13.1 Å². The second-order valence-corrected chi connectivity index (χ2v) is 5.15. The smallest absolute Gasteiger partial charge is 0.207 e. The fraction of sp³-hybridized carbons (Fsp3) is 0.167. The number of sulfonamides is 1. The molecule has 0 aliphatic carbocycles. The van der Waals surface area contributed by atoms with Crippen LogP contribution in [0.5, 0.6) is 0 Å². The van der Waals surface area contributed by atoms with Gasteiger partial charge in [-0.3, -0.25) is 0 Å². The Bertz CT molecular complexity index is 441. The van der Waals surface area contributed by atoms with E-state index in [4.69, 9.17) is 0 Å². The first-order valence-electron chi connectivity index (χ1n) is 4.90. The van der Waals surface area contributed by atoms with Gasteiger partial charge in [0.05, 0.1) is 4.90 Å². The Labute approximate surface area is 96.8 Å². The van der Waals surface area contributed by atoms with E-state index in [1.54, 1.807) is 42.5 Å². The molecule has 4 heteroatoms. The minimum atomic E-state index is -3.43. The lowest BCUT2D eigenvalue weighted by atomic mass is 10.4. The first kappa shape index (κ1) is 12.7. The summed E-state index contributed by atoms with van der Waals surface area (Å²) in [5.41, 5.74) is 0. The third-order valence-corrected chi connectivity index (χ3v) is 3.89. The Morgan fingerprint density at radius 2 is 1.56 bits per heavy atom. The molecule has 0 heterocycles. The van der Waals surface area contributed by atoms with E-state index < -0.39 is 10.0 Å². The lowest BCUT2D eigenvalue weighted by Crippen LogP contribution is -2.31. The molecule has 0 fully saturated rings. The van der Waals surface area contributed by atoms with Gasteiger partial charge in [-0.25, -0.2) is 8.42 Å². The Morgan fingerprint density at radius 1 is 1.06 bits per heavy atom. The molecule has 0 atom stereocenters. The standard InChI is InChI=1S/C12H15NO2S/c1-3-10-13(11-4-2)16(14,15)12-8-6-5-7-9-12/h3-9H,1-2,10-11H2. The van der Waals surface area contributed by atoms with Gasteiger partial charge in [0.15, 0.2) is 0 Å². The second-order valence-electron chi connectivity index (χ2n) is 3.21. The lowest BCUT2D eigenvalue weighted by molar-refractivity contribution is 0.474. The summed E-state index contributed by atoms with van der Waals surface area (Å²) in [4.78, 5) is 0.290. The largest absolute Gasteiger partial charge is 0.243 e. The van der Waals surface area contributed by atoms with Crippen LogP contribution in [-0.4, -0.2) is 25.8 Å². The van der Waals surface area contributed by atoms with Crippen LogP contribution in [-0.2, 0) is 10.0 Å². The minimum Gasteiger partial charge on any atom is -0.207 e.